The van der Waals surface area contributed by atoms with Crippen LogP contribution in [0.3, 0.4) is 0 Å². The van der Waals surface area contributed by atoms with Crippen molar-refractivity contribution in [1.29, 1.82) is 10.5 Å². The maximum absolute atomic E-state index is 9.18. The largest absolute Gasteiger partial charge is 0.198 e. The Morgan fingerprint density at radius 1 is 1.14 bits per heavy atom. The van der Waals surface area contributed by atoms with E-state index in [1.165, 1.54) is 0 Å². The monoisotopic (exact) mass is 182 g/mol. The molecule has 0 amide bonds. The fraction of sp³-hybridized carbons (Fsp3) is 0.333. The van der Waals surface area contributed by atoms with Gasteiger partial charge in [0, 0.05) is 0 Å². The first-order valence-electron chi connectivity index (χ1n) is 4.57. The van der Waals surface area contributed by atoms with Crippen molar-refractivity contribution in [2.45, 2.75) is 18.8 Å². The van der Waals surface area contributed by atoms with Crippen LogP contribution in [0, 0.1) is 28.1 Å². The topological polar surface area (TPSA) is 47.6 Å². The zero-order valence-corrected chi connectivity index (χ0v) is 7.99. The summed E-state index contributed by atoms with van der Waals surface area (Å²) >= 11 is 0. The van der Waals surface area contributed by atoms with Gasteiger partial charge in [-0.25, -0.2) is 0 Å². The summed E-state index contributed by atoms with van der Waals surface area (Å²) in [4.78, 5) is 0. The van der Waals surface area contributed by atoms with Crippen LogP contribution >= 0.6 is 0 Å². The smallest absolute Gasteiger partial charge is 0.102 e. The molecule has 0 spiro atoms. The fourth-order valence-corrected chi connectivity index (χ4v) is 1.99. The van der Waals surface area contributed by atoms with E-state index in [9.17, 15) is 5.26 Å². The van der Waals surface area contributed by atoms with E-state index >= 15 is 0 Å². The van der Waals surface area contributed by atoms with E-state index in [2.05, 4.69) is 12.1 Å². The Labute approximate surface area is 83.4 Å². The normalized spacial score (nSPS) is 34.2. The van der Waals surface area contributed by atoms with Gasteiger partial charge in [-0.05, 0) is 18.9 Å². The summed E-state index contributed by atoms with van der Waals surface area (Å²) in [6.07, 6.45) is 0.650. The van der Waals surface area contributed by atoms with Crippen molar-refractivity contribution in [3.05, 3.63) is 35.9 Å². The molecule has 0 radical (unpaired) electrons. The average molecular weight is 182 g/mol. The molecule has 1 aliphatic rings. The van der Waals surface area contributed by atoms with E-state index in [0.29, 0.717) is 6.42 Å². The van der Waals surface area contributed by atoms with Crippen molar-refractivity contribution in [2.24, 2.45) is 5.41 Å². The van der Waals surface area contributed by atoms with Gasteiger partial charge in [0.05, 0.1) is 17.6 Å². The van der Waals surface area contributed by atoms with Gasteiger partial charge in [-0.3, -0.25) is 0 Å². The second-order valence-electron chi connectivity index (χ2n) is 4.00. The first-order valence-corrected chi connectivity index (χ1v) is 4.57. The van der Waals surface area contributed by atoms with Crippen molar-refractivity contribution in [1.82, 2.24) is 0 Å². The summed E-state index contributed by atoms with van der Waals surface area (Å²) in [5.74, 6) is 0. The highest BCUT2D eigenvalue weighted by Crippen LogP contribution is 2.63. The number of rotatable bonds is 1. The molecule has 1 aliphatic carbocycles. The highest BCUT2D eigenvalue weighted by atomic mass is 14.7. The molecule has 0 aromatic heterocycles. The standard InChI is InChI=1S/C12H10N2/c1-11(8-13)7-12(11,9-14)10-5-3-2-4-6-10/h2-6H,7H2,1H3. The van der Waals surface area contributed by atoms with Gasteiger partial charge in [-0.15, -0.1) is 0 Å². The van der Waals surface area contributed by atoms with E-state index in [1.807, 2.05) is 37.3 Å². The number of nitriles is 2. The lowest BCUT2D eigenvalue weighted by Gasteiger charge is -2.09. The molecule has 2 rings (SSSR count). The minimum absolute atomic E-state index is 0.497. The molecule has 2 nitrogen and oxygen atoms in total. The van der Waals surface area contributed by atoms with Crippen LogP contribution in [0.2, 0.25) is 0 Å². The van der Waals surface area contributed by atoms with Crippen LogP contribution in [-0.2, 0) is 5.41 Å². The molecule has 2 heteroatoms. The van der Waals surface area contributed by atoms with Crippen LogP contribution in [-0.4, -0.2) is 0 Å². The number of benzene rings is 1. The predicted molar refractivity (Wildman–Crippen MR) is 52.1 cm³/mol. The molecule has 0 bridgehead atoms. The van der Waals surface area contributed by atoms with E-state index in [1.54, 1.807) is 0 Å². The molecule has 1 aromatic rings. The Hall–Kier alpha value is -1.80. The van der Waals surface area contributed by atoms with Crippen LogP contribution in [0.4, 0.5) is 0 Å². The van der Waals surface area contributed by atoms with Gasteiger partial charge in [-0.1, -0.05) is 30.3 Å². The molecule has 1 fully saturated rings. The second-order valence-corrected chi connectivity index (χ2v) is 4.00. The van der Waals surface area contributed by atoms with Crippen LogP contribution < -0.4 is 0 Å². The average Bonchev–Trinajstić information content (AvgIpc) is 2.88. The molecule has 0 aliphatic heterocycles. The third-order valence-corrected chi connectivity index (χ3v) is 3.14. The van der Waals surface area contributed by atoms with Gasteiger partial charge in [0.15, 0.2) is 0 Å². The van der Waals surface area contributed by atoms with Gasteiger partial charge in [0.25, 0.3) is 0 Å². The van der Waals surface area contributed by atoms with Crippen LogP contribution in [0.5, 0.6) is 0 Å². The Kier molecular flexibility index (Phi) is 1.63. The van der Waals surface area contributed by atoms with E-state index in [4.69, 9.17) is 5.26 Å². The molecule has 2 atom stereocenters. The second kappa shape index (κ2) is 2.59. The van der Waals surface area contributed by atoms with Gasteiger partial charge < -0.3 is 0 Å². The summed E-state index contributed by atoms with van der Waals surface area (Å²) in [6, 6.07) is 14.1. The molecule has 1 saturated carbocycles. The Balaban J connectivity index is 2.47. The number of hydrogen-bond acceptors (Lipinski definition) is 2. The Morgan fingerprint density at radius 3 is 2.21 bits per heavy atom. The van der Waals surface area contributed by atoms with Crippen LogP contribution in [0.1, 0.15) is 18.9 Å². The molecule has 14 heavy (non-hydrogen) atoms. The zero-order valence-electron chi connectivity index (χ0n) is 7.99. The quantitative estimate of drug-likeness (QED) is 0.669. The SMILES string of the molecule is CC1(C#N)CC1(C#N)c1ccccc1. The fourth-order valence-electron chi connectivity index (χ4n) is 1.99. The minimum Gasteiger partial charge on any atom is -0.198 e. The van der Waals surface area contributed by atoms with Gasteiger partial charge in [-0.2, -0.15) is 10.5 Å². The summed E-state index contributed by atoms with van der Waals surface area (Å²) in [7, 11) is 0. The molecular weight excluding hydrogens is 172 g/mol. The van der Waals surface area contributed by atoms with Gasteiger partial charge >= 0.3 is 0 Å². The van der Waals surface area contributed by atoms with Crippen molar-refractivity contribution < 1.29 is 0 Å². The third-order valence-electron chi connectivity index (χ3n) is 3.14. The Morgan fingerprint density at radius 2 is 1.79 bits per heavy atom. The lowest BCUT2D eigenvalue weighted by atomic mass is 9.89. The lowest BCUT2D eigenvalue weighted by Crippen LogP contribution is -2.12. The van der Waals surface area contributed by atoms with Crippen molar-refractivity contribution >= 4 is 0 Å². The molecular formula is C12H10N2. The van der Waals surface area contributed by atoms with Crippen LogP contribution in [0.25, 0.3) is 0 Å². The zero-order chi connectivity index (χ0) is 10.2. The first-order chi connectivity index (χ1) is 6.68. The van der Waals surface area contributed by atoms with Crippen LogP contribution in [0.15, 0.2) is 30.3 Å². The van der Waals surface area contributed by atoms with Gasteiger partial charge in [0.1, 0.15) is 5.41 Å². The van der Waals surface area contributed by atoms with E-state index in [0.717, 1.165) is 5.56 Å². The molecule has 2 unspecified atom stereocenters. The summed E-state index contributed by atoms with van der Waals surface area (Å²) in [5.41, 5.74) is -0.0990. The van der Waals surface area contributed by atoms with Crippen molar-refractivity contribution in [3.8, 4) is 12.1 Å². The minimum atomic E-state index is -0.566. The third kappa shape index (κ3) is 0.887. The highest BCUT2D eigenvalue weighted by molar-refractivity contribution is 5.48. The summed E-state index contributed by atoms with van der Waals surface area (Å²) < 4.78 is 0. The van der Waals surface area contributed by atoms with Crippen molar-refractivity contribution in [3.63, 3.8) is 0 Å². The van der Waals surface area contributed by atoms with Crippen molar-refractivity contribution in [2.75, 3.05) is 0 Å². The van der Waals surface area contributed by atoms with Gasteiger partial charge in [0.2, 0.25) is 0 Å². The van der Waals surface area contributed by atoms with E-state index in [-0.39, 0.29) is 0 Å². The molecule has 0 saturated heterocycles. The number of nitrogens with zero attached hydrogens (tertiary/aromatic N) is 2. The molecule has 0 N–H and O–H groups in total. The van der Waals surface area contributed by atoms with E-state index < -0.39 is 10.8 Å². The highest BCUT2D eigenvalue weighted by Gasteiger charge is 2.67. The maximum Gasteiger partial charge on any atom is 0.102 e. The Bertz CT molecular complexity index is 438. The molecule has 0 heterocycles. The summed E-state index contributed by atoms with van der Waals surface area (Å²) in [5, 5.41) is 18.2. The number of hydrogen-bond donors (Lipinski definition) is 0. The molecule has 1 aromatic carbocycles. The maximum atomic E-state index is 9.18. The molecule has 68 valence electrons. The predicted octanol–water partition coefficient (Wildman–Crippen LogP) is 2.38. The summed E-state index contributed by atoms with van der Waals surface area (Å²) in [6.45, 7) is 1.85. The first kappa shape index (κ1) is 8.78. The lowest BCUT2D eigenvalue weighted by molar-refractivity contribution is 0.658.